The number of hydrogen-bond acceptors (Lipinski definition) is 4. The first-order chi connectivity index (χ1) is 15.0. The zero-order chi connectivity index (χ0) is 23.6. The first-order valence-electron chi connectivity index (χ1n) is 10.5. The van der Waals surface area contributed by atoms with Crippen LogP contribution in [0.25, 0.3) is 0 Å². The Morgan fingerprint density at radius 2 is 1.88 bits per heavy atom. The van der Waals surface area contributed by atoms with Crippen molar-refractivity contribution in [1.29, 1.82) is 0 Å². The largest absolute Gasteiger partial charge is 0.416 e. The van der Waals surface area contributed by atoms with Crippen molar-refractivity contribution in [3.05, 3.63) is 62.1 Å². The van der Waals surface area contributed by atoms with Gasteiger partial charge in [-0.05, 0) is 62.9 Å². The summed E-state index contributed by atoms with van der Waals surface area (Å²) >= 11 is 0. The van der Waals surface area contributed by atoms with E-state index in [1.165, 1.54) is 5.01 Å². The second-order valence-electron chi connectivity index (χ2n) is 8.22. The van der Waals surface area contributed by atoms with Gasteiger partial charge < -0.3 is 10.3 Å². The maximum Gasteiger partial charge on any atom is 0.416 e. The molecule has 6 nitrogen and oxygen atoms in total. The third-order valence-corrected chi connectivity index (χ3v) is 5.94. The highest BCUT2D eigenvalue weighted by atomic mass is 19.4. The number of halogens is 3. The van der Waals surface area contributed by atoms with Gasteiger partial charge in [0.05, 0.1) is 17.3 Å². The van der Waals surface area contributed by atoms with E-state index in [4.69, 9.17) is 0 Å². The van der Waals surface area contributed by atoms with E-state index in [1.807, 2.05) is 0 Å². The maximum absolute atomic E-state index is 13.6. The Balaban J connectivity index is 1.98. The molecule has 1 saturated carbocycles. The van der Waals surface area contributed by atoms with Crippen LogP contribution in [0.3, 0.4) is 0 Å². The van der Waals surface area contributed by atoms with Gasteiger partial charge in [-0.3, -0.25) is 14.6 Å². The molecule has 1 fully saturated rings. The van der Waals surface area contributed by atoms with Gasteiger partial charge in [0.2, 0.25) is 0 Å². The molecule has 172 valence electrons. The number of hydrazone groups is 1. The van der Waals surface area contributed by atoms with Crippen LogP contribution >= 0.6 is 0 Å². The van der Waals surface area contributed by atoms with Crippen molar-refractivity contribution in [2.24, 2.45) is 5.10 Å². The lowest BCUT2D eigenvalue weighted by Crippen LogP contribution is -2.31. The first kappa shape index (κ1) is 23.6. The van der Waals surface area contributed by atoms with Gasteiger partial charge >= 0.3 is 6.18 Å². The van der Waals surface area contributed by atoms with Crippen LogP contribution in [0.1, 0.15) is 64.0 Å². The van der Waals surface area contributed by atoms with Crippen molar-refractivity contribution < 1.29 is 18.0 Å². The molecule has 2 aromatic rings. The van der Waals surface area contributed by atoms with E-state index < -0.39 is 17.6 Å². The number of amides is 1. The van der Waals surface area contributed by atoms with Crippen LogP contribution in [0.15, 0.2) is 28.1 Å². The Kier molecular flexibility index (Phi) is 6.76. The van der Waals surface area contributed by atoms with Crippen LogP contribution in [-0.4, -0.2) is 23.7 Å². The Bertz CT molecular complexity index is 1090. The summed E-state index contributed by atoms with van der Waals surface area (Å²) in [5, 5.41) is 8.09. The summed E-state index contributed by atoms with van der Waals surface area (Å²) in [7, 11) is 0. The molecule has 0 aliphatic heterocycles. The monoisotopic (exact) mass is 448 g/mol. The molecule has 0 radical (unpaired) electrons. The number of pyridine rings is 1. The third kappa shape index (κ3) is 4.87. The number of nitrogens with one attached hydrogen (secondary N) is 2. The van der Waals surface area contributed by atoms with Gasteiger partial charge in [0.1, 0.15) is 0 Å². The Labute approximate surface area is 184 Å². The van der Waals surface area contributed by atoms with Crippen molar-refractivity contribution >= 4 is 18.3 Å². The lowest BCUT2D eigenvalue weighted by Gasteiger charge is -2.28. The van der Waals surface area contributed by atoms with Gasteiger partial charge in [-0.15, -0.1) is 0 Å². The Morgan fingerprint density at radius 3 is 2.44 bits per heavy atom. The van der Waals surface area contributed by atoms with Crippen molar-refractivity contribution in [2.45, 2.75) is 65.2 Å². The predicted octanol–water partition coefficient (Wildman–Crippen LogP) is 4.61. The standard InChI is InChI=1S/C23H27F3N4O2/c1-13-9-14(2)29-22(32)19(13)12-28-21(31)18-10-16(23(24,25)26)11-20(15(18)3)30(27-4)17-7-5-6-8-17/h9-11,17H,4-8,12H2,1-3H3,(H,28,31)(H,29,32). The van der Waals surface area contributed by atoms with Crippen molar-refractivity contribution in [1.82, 2.24) is 10.3 Å². The first-order valence-corrected chi connectivity index (χ1v) is 10.5. The average Bonchev–Trinajstić information content (AvgIpc) is 3.22. The molecule has 1 aliphatic carbocycles. The molecule has 3 rings (SSSR count). The molecule has 32 heavy (non-hydrogen) atoms. The number of H-pyrrole nitrogens is 1. The second-order valence-corrected chi connectivity index (χ2v) is 8.22. The highest BCUT2D eigenvalue weighted by molar-refractivity contribution is 5.97. The molecule has 9 heteroatoms. The zero-order valence-corrected chi connectivity index (χ0v) is 18.4. The number of aryl methyl sites for hydroxylation is 2. The Hall–Kier alpha value is -3.10. The summed E-state index contributed by atoms with van der Waals surface area (Å²) in [4.78, 5) is 27.8. The number of anilines is 1. The van der Waals surface area contributed by atoms with E-state index in [2.05, 4.69) is 22.1 Å². The smallest absolute Gasteiger partial charge is 0.348 e. The summed E-state index contributed by atoms with van der Waals surface area (Å²) in [5.41, 5.74) is 0.949. The van der Waals surface area contributed by atoms with Crippen molar-refractivity contribution in [3.63, 3.8) is 0 Å². The lowest BCUT2D eigenvalue weighted by molar-refractivity contribution is -0.137. The molecule has 1 aromatic heterocycles. The van der Waals surface area contributed by atoms with Crippen LogP contribution in [0.4, 0.5) is 18.9 Å². The quantitative estimate of drug-likeness (QED) is 0.500. The number of carbonyl (C=O) groups is 1. The molecule has 1 amide bonds. The van der Waals surface area contributed by atoms with Crippen LogP contribution < -0.4 is 15.9 Å². The van der Waals surface area contributed by atoms with Gasteiger partial charge in [0.25, 0.3) is 11.5 Å². The number of aromatic nitrogens is 1. The number of rotatable bonds is 6. The van der Waals surface area contributed by atoms with E-state index in [0.717, 1.165) is 37.8 Å². The van der Waals surface area contributed by atoms with Gasteiger partial charge in [-0.1, -0.05) is 12.8 Å². The summed E-state index contributed by atoms with van der Waals surface area (Å²) in [6.07, 6.45) is -1.11. The third-order valence-electron chi connectivity index (χ3n) is 5.94. The summed E-state index contributed by atoms with van der Waals surface area (Å²) < 4.78 is 40.9. The van der Waals surface area contributed by atoms with Gasteiger partial charge in [-0.25, -0.2) is 0 Å². The fraction of sp³-hybridized carbons (Fsp3) is 0.435. The molecule has 0 saturated heterocycles. The molecule has 0 unspecified atom stereocenters. The van der Waals surface area contributed by atoms with Gasteiger partial charge in [-0.2, -0.15) is 18.3 Å². The molecular formula is C23H27F3N4O2. The fourth-order valence-electron chi connectivity index (χ4n) is 4.24. The second kappa shape index (κ2) is 9.18. The molecule has 0 bridgehead atoms. The van der Waals surface area contributed by atoms with E-state index in [1.54, 1.807) is 26.8 Å². The van der Waals surface area contributed by atoms with Crippen molar-refractivity contribution in [2.75, 3.05) is 5.01 Å². The molecule has 0 spiro atoms. The number of carbonyl (C=O) groups excluding carboxylic acids is 1. The summed E-state index contributed by atoms with van der Waals surface area (Å²) in [6.45, 7) is 8.53. The number of aromatic amines is 1. The number of nitrogens with zero attached hydrogens (tertiary/aromatic N) is 2. The van der Waals surface area contributed by atoms with Crippen LogP contribution in [0.5, 0.6) is 0 Å². The van der Waals surface area contributed by atoms with Crippen LogP contribution in [0.2, 0.25) is 0 Å². The SMILES string of the molecule is C=NN(c1cc(C(F)(F)F)cc(C(=O)NCc2c(C)cc(C)[nH]c2=O)c1C)C1CCCC1. The molecule has 1 aromatic carbocycles. The molecule has 0 atom stereocenters. The fourth-order valence-corrected chi connectivity index (χ4v) is 4.24. The summed E-state index contributed by atoms with van der Waals surface area (Å²) in [5.74, 6) is -0.690. The van der Waals surface area contributed by atoms with E-state index >= 15 is 0 Å². The van der Waals surface area contributed by atoms with Gasteiger partial charge in [0.15, 0.2) is 0 Å². The lowest BCUT2D eigenvalue weighted by atomic mass is 10.00. The molecular weight excluding hydrogens is 421 g/mol. The average molecular weight is 448 g/mol. The van der Waals surface area contributed by atoms with E-state index in [0.29, 0.717) is 22.4 Å². The maximum atomic E-state index is 13.6. The molecule has 1 aliphatic rings. The topological polar surface area (TPSA) is 77.6 Å². The number of alkyl halides is 3. The van der Waals surface area contributed by atoms with E-state index in [9.17, 15) is 22.8 Å². The molecule has 2 N–H and O–H groups in total. The highest BCUT2D eigenvalue weighted by Crippen LogP contribution is 2.38. The van der Waals surface area contributed by atoms with Crippen LogP contribution in [0, 0.1) is 20.8 Å². The predicted molar refractivity (Wildman–Crippen MR) is 118 cm³/mol. The minimum absolute atomic E-state index is 0.0561. The van der Waals surface area contributed by atoms with E-state index in [-0.39, 0.29) is 29.4 Å². The van der Waals surface area contributed by atoms with Gasteiger partial charge in [0, 0.05) is 30.1 Å². The normalized spacial score (nSPS) is 14.4. The van der Waals surface area contributed by atoms with Crippen molar-refractivity contribution in [3.8, 4) is 0 Å². The minimum atomic E-state index is -4.63. The van der Waals surface area contributed by atoms with Crippen LogP contribution in [-0.2, 0) is 12.7 Å². The minimum Gasteiger partial charge on any atom is -0.348 e. The summed E-state index contributed by atoms with van der Waals surface area (Å²) in [6, 6.07) is 3.58. The highest BCUT2D eigenvalue weighted by Gasteiger charge is 2.34. The number of benzene rings is 1. The Morgan fingerprint density at radius 1 is 1.22 bits per heavy atom. The zero-order valence-electron chi connectivity index (χ0n) is 18.4. The molecule has 1 heterocycles. The number of hydrogen-bond donors (Lipinski definition) is 2.